The summed E-state index contributed by atoms with van der Waals surface area (Å²) in [6, 6.07) is 4.88. The number of ether oxygens (including phenoxy) is 1. The highest BCUT2D eigenvalue weighted by Gasteiger charge is 2.28. The van der Waals surface area contributed by atoms with Gasteiger partial charge in [-0.3, -0.25) is 9.08 Å². The molecule has 4 heterocycles. The van der Waals surface area contributed by atoms with E-state index in [1.165, 1.54) is 35.3 Å². The molecule has 0 saturated carbocycles. The highest BCUT2D eigenvalue weighted by Crippen LogP contribution is 2.31. The number of hydrogen-bond donors (Lipinski definition) is 1. The molecule has 0 amide bonds. The van der Waals surface area contributed by atoms with Gasteiger partial charge in [0.2, 0.25) is 5.95 Å². The molecule has 0 aliphatic carbocycles. The molecule has 1 aliphatic rings. The molecule has 0 fully saturated rings. The Hall–Kier alpha value is -4.14. The third-order valence-corrected chi connectivity index (χ3v) is 5.25. The predicted molar refractivity (Wildman–Crippen MR) is 108 cm³/mol. The maximum atomic E-state index is 14.5. The molecule has 3 aromatic heterocycles. The molecule has 0 radical (unpaired) electrons. The van der Waals surface area contributed by atoms with Gasteiger partial charge in [-0.25, -0.2) is 14.4 Å². The molecule has 0 unspecified atom stereocenters. The average molecular weight is 457 g/mol. The second kappa shape index (κ2) is 7.77. The fraction of sp³-hybridized carbons (Fsp3) is 0.238. The van der Waals surface area contributed by atoms with Crippen LogP contribution >= 0.6 is 0 Å². The minimum Gasteiger partial charge on any atom is -0.493 e. The molecule has 1 aliphatic heterocycles. The average Bonchev–Trinajstić information content (AvgIpc) is 3.51. The molecular weight excluding hydrogens is 442 g/mol. The fourth-order valence-corrected chi connectivity index (χ4v) is 3.81. The Kier molecular flexibility index (Phi) is 4.88. The third kappa shape index (κ3) is 3.93. The topological polar surface area (TPSA) is 93.1 Å². The number of fused-ring (bicyclic) bond motifs is 2. The first-order valence-corrected chi connectivity index (χ1v) is 9.87. The molecule has 0 atom stereocenters. The first-order chi connectivity index (χ1) is 15.8. The Bertz CT molecular complexity index is 1400. The molecule has 0 saturated heterocycles. The van der Waals surface area contributed by atoms with Crippen LogP contribution in [-0.4, -0.2) is 36.9 Å². The third-order valence-electron chi connectivity index (χ3n) is 5.25. The van der Waals surface area contributed by atoms with Crippen molar-refractivity contribution >= 4 is 11.6 Å². The van der Waals surface area contributed by atoms with Gasteiger partial charge in [0.05, 0.1) is 19.0 Å². The number of benzene rings is 1. The molecule has 33 heavy (non-hydrogen) atoms. The van der Waals surface area contributed by atoms with Gasteiger partial charge >= 0.3 is 6.18 Å². The van der Waals surface area contributed by atoms with E-state index in [1.807, 2.05) is 6.07 Å². The molecule has 5 rings (SSSR count). The van der Waals surface area contributed by atoms with E-state index in [1.54, 1.807) is 6.07 Å². The van der Waals surface area contributed by atoms with Crippen LogP contribution in [-0.2, 0) is 19.5 Å². The van der Waals surface area contributed by atoms with Crippen molar-refractivity contribution in [2.24, 2.45) is 0 Å². The van der Waals surface area contributed by atoms with Crippen LogP contribution < -0.4 is 10.1 Å². The Labute approximate surface area is 184 Å². The van der Waals surface area contributed by atoms with E-state index >= 15 is 0 Å². The van der Waals surface area contributed by atoms with Gasteiger partial charge in [0.25, 0.3) is 0 Å². The van der Waals surface area contributed by atoms with Gasteiger partial charge in [-0.1, -0.05) is 0 Å². The number of nitrogens with one attached hydrogen (secondary N) is 1. The summed E-state index contributed by atoms with van der Waals surface area (Å²) in [6.45, 7) is -0.633. The number of nitriles is 1. The van der Waals surface area contributed by atoms with E-state index in [0.717, 1.165) is 10.2 Å². The second-order valence-electron chi connectivity index (χ2n) is 7.42. The van der Waals surface area contributed by atoms with E-state index in [4.69, 9.17) is 4.74 Å². The van der Waals surface area contributed by atoms with Gasteiger partial charge in [-0.2, -0.15) is 23.5 Å². The van der Waals surface area contributed by atoms with Gasteiger partial charge in [-0.15, -0.1) is 0 Å². The summed E-state index contributed by atoms with van der Waals surface area (Å²) >= 11 is 0. The molecular formula is C21H15F4N7O. The van der Waals surface area contributed by atoms with Crippen LogP contribution in [0.25, 0.3) is 16.8 Å². The number of alkyl halides is 3. The maximum Gasteiger partial charge on any atom is 0.408 e. The summed E-state index contributed by atoms with van der Waals surface area (Å²) in [6.07, 6.45) is 1.57. The molecule has 0 bridgehead atoms. The summed E-state index contributed by atoms with van der Waals surface area (Å²) in [7, 11) is 0. The molecule has 4 aromatic rings. The lowest BCUT2D eigenvalue weighted by atomic mass is 10.0. The largest absolute Gasteiger partial charge is 0.493 e. The lowest BCUT2D eigenvalue weighted by molar-refractivity contribution is -0.142. The number of anilines is 1. The van der Waals surface area contributed by atoms with Crippen molar-refractivity contribution in [3.63, 3.8) is 0 Å². The first-order valence-electron chi connectivity index (χ1n) is 9.87. The molecule has 0 spiro atoms. The van der Waals surface area contributed by atoms with Crippen LogP contribution in [0, 0.1) is 17.1 Å². The van der Waals surface area contributed by atoms with Crippen molar-refractivity contribution < 1.29 is 22.3 Å². The second-order valence-corrected chi connectivity index (χ2v) is 7.42. The fourth-order valence-electron chi connectivity index (χ4n) is 3.81. The molecule has 1 N–H and O–H groups in total. The summed E-state index contributed by atoms with van der Waals surface area (Å²) in [5.41, 5.74) is 2.40. The van der Waals surface area contributed by atoms with Crippen molar-refractivity contribution in [3.8, 4) is 22.9 Å². The van der Waals surface area contributed by atoms with Crippen LogP contribution in [0.2, 0.25) is 0 Å². The van der Waals surface area contributed by atoms with Crippen molar-refractivity contribution in [1.29, 1.82) is 5.26 Å². The minimum absolute atomic E-state index is 0.0927. The van der Waals surface area contributed by atoms with E-state index in [0.29, 0.717) is 47.1 Å². The van der Waals surface area contributed by atoms with Crippen molar-refractivity contribution in [3.05, 3.63) is 59.6 Å². The lowest BCUT2D eigenvalue weighted by Crippen LogP contribution is -2.17. The predicted octanol–water partition coefficient (Wildman–Crippen LogP) is 3.71. The zero-order valence-electron chi connectivity index (χ0n) is 16.9. The van der Waals surface area contributed by atoms with Crippen LogP contribution in [0.5, 0.6) is 5.75 Å². The van der Waals surface area contributed by atoms with Crippen molar-refractivity contribution in [2.45, 2.75) is 25.7 Å². The summed E-state index contributed by atoms with van der Waals surface area (Å²) in [4.78, 5) is 8.59. The number of imidazole rings is 1. The first kappa shape index (κ1) is 20.7. The summed E-state index contributed by atoms with van der Waals surface area (Å²) in [5, 5.41) is 16.1. The number of aromatic nitrogens is 5. The Morgan fingerprint density at radius 1 is 1.21 bits per heavy atom. The quantitative estimate of drug-likeness (QED) is 0.460. The number of halogens is 4. The molecule has 1 aromatic carbocycles. The van der Waals surface area contributed by atoms with E-state index in [-0.39, 0.29) is 18.1 Å². The number of rotatable bonds is 5. The smallest absolute Gasteiger partial charge is 0.408 e. The van der Waals surface area contributed by atoms with E-state index in [9.17, 15) is 22.8 Å². The standard InChI is InChI=1S/C21H15F4N7O/c22-17-1-2-18-14(3-4-33-18)16(17)8-28-20-27-7-15(19-30-13(5-26)10-32(19)20)12-6-29-31(9-12)11-21(23,24)25/h1-2,6-7,9-10H,3-4,8,11H2,(H,27,28). The molecule has 168 valence electrons. The normalized spacial score (nSPS) is 13.1. The zero-order chi connectivity index (χ0) is 23.2. The minimum atomic E-state index is -4.41. The summed E-state index contributed by atoms with van der Waals surface area (Å²) < 4.78 is 60.3. The van der Waals surface area contributed by atoms with E-state index < -0.39 is 12.7 Å². The maximum absolute atomic E-state index is 14.5. The Morgan fingerprint density at radius 3 is 2.85 bits per heavy atom. The van der Waals surface area contributed by atoms with Crippen LogP contribution in [0.15, 0.2) is 36.9 Å². The van der Waals surface area contributed by atoms with Gasteiger partial charge in [-0.05, 0) is 12.1 Å². The Balaban J connectivity index is 1.49. The lowest BCUT2D eigenvalue weighted by Gasteiger charge is -2.12. The number of nitrogens with zero attached hydrogens (tertiary/aromatic N) is 6. The van der Waals surface area contributed by atoms with Crippen LogP contribution in [0.3, 0.4) is 0 Å². The molecule has 8 nitrogen and oxygen atoms in total. The number of hydrogen-bond acceptors (Lipinski definition) is 6. The van der Waals surface area contributed by atoms with Gasteiger partial charge in [0.15, 0.2) is 11.3 Å². The summed E-state index contributed by atoms with van der Waals surface area (Å²) in [5.74, 6) is 0.563. The Morgan fingerprint density at radius 2 is 2.06 bits per heavy atom. The monoisotopic (exact) mass is 457 g/mol. The van der Waals surface area contributed by atoms with Gasteiger partial charge in [0, 0.05) is 47.6 Å². The van der Waals surface area contributed by atoms with Gasteiger partial charge < -0.3 is 10.1 Å². The molecule has 12 heteroatoms. The van der Waals surface area contributed by atoms with Crippen LogP contribution in [0.4, 0.5) is 23.5 Å². The SMILES string of the molecule is N#Cc1cn2c(NCc3c(F)ccc4c3CCO4)ncc(-c3cnn(CC(F)(F)F)c3)c2n1. The van der Waals surface area contributed by atoms with Crippen molar-refractivity contribution in [2.75, 3.05) is 11.9 Å². The van der Waals surface area contributed by atoms with Crippen molar-refractivity contribution in [1.82, 2.24) is 24.1 Å². The highest BCUT2D eigenvalue weighted by molar-refractivity contribution is 5.77. The van der Waals surface area contributed by atoms with E-state index in [2.05, 4.69) is 20.4 Å². The zero-order valence-corrected chi connectivity index (χ0v) is 16.9. The highest BCUT2D eigenvalue weighted by atomic mass is 19.4. The van der Waals surface area contributed by atoms with Crippen LogP contribution in [0.1, 0.15) is 16.8 Å². The van der Waals surface area contributed by atoms with Gasteiger partial charge in [0.1, 0.15) is 24.2 Å².